The Labute approximate surface area is 98.3 Å². The summed E-state index contributed by atoms with van der Waals surface area (Å²) in [7, 11) is 0. The van der Waals surface area contributed by atoms with Crippen LogP contribution >= 0.6 is 0 Å². The van der Waals surface area contributed by atoms with E-state index in [1.807, 2.05) is 12.4 Å². The van der Waals surface area contributed by atoms with E-state index in [4.69, 9.17) is 5.73 Å². The molecule has 0 aliphatic heterocycles. The third-order valence-corrected chi connectivity index (χ3v) is 4.15. The molecule has 2 nitrogen and oxygen atoms in total. The topological polar surface area (TPSA) is 38.9 Å². The molecule has 1 aliphatic rings. The Morgan fingerprint density at radius 1 is 1.31 bits per heavy atom. The van der Waals surface area contributed by atoms with Crippen LogP contribution in [0.25, 0.3) is 0 Å². The molecule has 0 aromatic carbocycles. The highest BCUT2D eigenvalue weighted by molar-refractivity contribution is 5.23. The summed E-state index contributed by atoms with van der Waals surface area (Å²) >= 11 is 0. The molecular formula is C14H22N2. The van der Waals surface area contributed by atoms with E-state index in [0.29, 0.717) is 5.41 Å². The summed E-state index contributed by atoms with van der Waals surface area (Å²) in [6, 6.07) is 4.34. The molecule has 1 aliphatic carbocycles. The molecule has 2 rings (SSSR count). The molecule has 1 heterocycles. The second kappa shape index (κ2) is 4.96. The van der Waals surface area contributed by atoms with Gasteiger partial charge >= 0.3 is 0 Å². The smallest absolute Gasteiger partial charge is 0.0270 e. The number of nitrogens with zero attached hydrogens (tertiary/aromatic N) is 1. The van der Waals surface area contributed by atoms with Gasteiger partial charge < -0.3 is 5.73 Å². The molecule has 1 aromatic rings. The van der Waals surface area contributed by atoms with Crippen LogP contribution in [0.15, 0.2) is 24.5 Å². The molecule has 1 aromatic heterocycles. The fourth-order valence-electron chi connectivity index (χ4n) is 2.98. The Balaban J connectivity index is 2.22. The van der Waals surface area contributed by atoms with Gasteiger partial charge in [-0.3, -0.25) is 4.98 Å². The lowest BCUT2D eigenvalue weighted by Crippen LogP contribution is -2.33. The highest BCUT2D eigenvalue weighted by atomic mass is 14.6. The van der Waals surface area contributed by atoms with E-state index in [0.717, 1.165) is 18.9 Å². The average Bonchev–Trinajstić information content (AvgIpc) is 2.34. The van der Waals surface area contributed by atoms with Gasteiger partial charge in [-0.05, 0) is 67.7 Å². The Bertz CT molecular complexity index is 313. The molecule has 1 fully saturated rings. The largest absolute Gasteiger partial charge is 0.330 e. The summed E-state index contributed by atoms with van der Waals surface area (Å²) in [6.45, 7) is 3.15. The molecule has 0 saturated heterocycles. The first-order valence-corrected chi connectivity index (χ1v) is 6.37. The fraction of sp³-hybridized carbons (Fsp3) is 0.643. The molecular weight excluding hydrogens is 196 g/mol. The fourth-order valence-corrected chi connectivity index (χ4v) is 2.98. The van der Waals surface area contributed by atoms with Crippen molar-refractivity contribution >= 4 is 0 Å². The van der Waals surface area contributed by atoms with Gasteiger partial charge in [0.05, 0.1) is 0 Å². The molecule has 88 valence electrons. The van der Waals surface area contributed by atoms with Crippen molar-refractivity contribution in [3.63, 3.8) is 0 Å². The molecule has 1 saturated carbocycles. The number of pyridine rings is 1. The van der Waals surface area contributed by atoms with Crippen LogP contribution < -0.4 is 5.73 Å². The lowest BCUT2D eigenvalue weighted by molar-refractivity contribution is 0.230. The number of aromatic nitrogens is 1. The van der Waals surface area contributed by atoms with Crippen LogP contribution in [-0.4, -0.2) is 11.5 Å². The van der Waals surface area contributed by atoms with Gasteiger partial charge in [-0.25, -0.2) is 0 Å². The van der Waals surface area contributed by atoms with Gasteiger partial charge in [-0.1, -0.05) is 6.92 Å². The maximum Gasteiger partial charge on any atom is 0.0270 e. The molecule has 16 heavy (non-hydrogen) atoms. The zero-order valence-electron chi connectivity index (χ0n) is 10.2. The van der Waals surface area contributed by atoms with E-state index in [1.165, 1.54) is 31.2 Å². The van der Waals surface area contributed by atoms with Gasteiger partial charge in [0.1, 0.15) is 0 Å². The SMILES string of the molecule is CC1CCC(CCN)(c2ccncc2)CC1. The average molecular weight is 218 g/mol. The van der Waals surface area contributed by atoms with E-state index in [1.54, 1.807) is 0 Å². The third kappa shape index (κ3) is 2.27. The highest BCUT2D eigenvalue weighted by Gasteiger charge is 2.34. The summed E-state index contributed by atoms with van der Waals surface area (Å²) in [6.07, 6.45) is 10.2. The molecule has 2 heteroatoms. The first-order chi connectivity index (χ1) is 7.77. The minimum absolute atomic E-state index is 0.337. The molecule has 0 unspecified atom stereocenters. The van der Waals surface area contributed by atoms with Crippen molar-refractivity contribution in [2.45, 2.75) is 44.4 Å². The Hall–Kier alpha value is -0.890. The van der Waals surface area contributed by atoms with Gasteiger partial charge in [0.2, 0.25) is 0 Å². The molecule has 0 atom stereocenters. The van der Waals surface area contributed by atoms with Gasteiger partial charge in [-0.15, -0.1) is 0 Å². The lowest BCUT2D eigenvalue weighted by Gasteiger charge is -2.40. The van der Waals surface area contributed by atoms with E-state index in [2.05, 4.69) is 24.0 Å². The second-order valence-electron chi connectivity index (χ2n) is 5.24. The van der Waals surface area contributed by atoms with Crippen LogP contribution in [0, 0.1) is 5.92 Å². The van der Waals surface area contributed by atoms with Gasteiger partial charge in [0, 0.05) is 12.4 Å². The van der Waals surface area contributed by atoms with Crippen molar-refractivity contribution in [2.75, 3.05) is 6.54 Å². The first-order valence-electron chi connectivity index (χ1n) is 6.37. The Kier molecular flexibility index (Phi) is 3.59. The standard InChI is InChI=1S/C14H22N2/c1-12-2-6-14(7-3-12,8-9-15)13-4-10-16-11-5-13/h4-5,10-12H,2-3,6-9,15H2,1H3. The maximum atomic E-state index is 5.80. The maximum absolute atomic E-state index is 5.80. The number of hydrogen-bond acceptors (Lipinski definition) is 2. The van der Waals surface area contributed by atoms with Crippen LogP contribution in [0.3, 0.4) is 0 Å². The molecule has 2 N–H and O–H groups in total. The predicted octanol–water partition coefficient (Wildman–Crippen LogP) is 2.88. The van der Waals surface area contributed by atoms with E-state index >= 15 is 0 Å². The summed E-state index contributed by atoms with van der Waals surface area (Å²) in [5, 5.41) is 0. The summed E-state index contributed by atoms with van der Waals surface area (Å²) in [4.78, 5) is 4.12. The van der Waals surface area contributed by atoms with E-state index < -0.39 is 0 Å². The number of nitrogens with two attached hydrogens (primary N) is 1. The Morgan fingerprint density at radius 2 is 1.94 bits per heavy atom. The highest BCUT2D eigenvalue weighted by Crippen LogP contribution is 2.43. The van der Waals surface area contributed by atoms with Crippen molar-refractivity contribution < 1.29 is 0 Å². The summed E-state index contributed by atoms with van der Waals surface area (Å²) in [5.74, 6) is 0.882. The van der Waals surface area contributed by atoms with E-state index in [-0.39, 0.29) is 0 Å². The van der Waals surface area contributed by atoms with Crippen molar-refractivity contribution in [3.05, 3.63) is 30.1 Å². The monoisotopic (exact) mass is 218 g/mol. The van der Waals surface area contributed by atoms with Gasteiger partial charge in [0.15, 0.2) is 0 Å². The number of hydrogen-bond donors (Lipinski definition) is 1. The first kappa shape index (κ1) is 11.6. The zero-order valence-corrected chi connectivity index (χ0v) is 10.2. The van der Waals surface area contributed by atoms with Crippen molar-refractivity contribution in [2.24, 2.45) is 11.7 Å². The zero-order chi connectivity index (χ0) is 11.4. The quantitative estimate of drug-likeness (QED) is 0.847. The third-order valence-electron chi connectivity index (χ3n) is 4.15. The Morgan fingerprint density at radius 3 is 2.50 bits per heavy atom. The van der Waals surface area contributed by atoms with Crippen molar-refractivity contribution in [1.29, 1.82) is 0 Å². The van der Waals surface area contributed by atoms with Crippen molar-refractivity contribution in [1.82, 2.24) is 4.98 Å². The van der Waals surface area contributed by atoms with Crippen LogP contribution in [0.4, 0.5) is 0 Å². The van der Waals surface area contributed by atoms with Crippen molar-refractivity contribution in [3.8, 4) is 0 Å². The lowest BCUT2D eigenvalue weighted by atomic mass is 9.65. The van der Waals surface area contributed by atoms with Crippen LogP contribution in [0.1, 0.15) is 44.6 Å². The van der Waals surface area contributed by atoms with Gasteiger partial charge in [-0.2, -0.15) is 0 Å². The predicted molar refractivity (Wildman–Crippen MR) is 67.2 cm³/mol. The minimum atomic E-state index is 0.337. The molecule has 0 bridgehead atoms. The van der Waals surface area contributed by atoms with Crippen LogP contribution in [0.2, 0.25) is 0 Å². The normalized spacial score (nSPS) is 30.2. The van der Waals surface area contributed by atoms with Crippen LogP contribution in [-0.2, 0) is 5.41 Å². The van der Waals surface area contributed by atoms with E-state index in [9.17, 15) is 0 Å². The number of rotatable bonds is 3. The second-order valence-corrected chi connectivity index (χ2v) is 5.24. The van der Waals surface area contributed by atoms with Gasteiger partial charge in [0.25, 0.3) is 0 Å². The molecule has 0 radical (unpaired) electrons. The minimum Gasteiger partial charge on any atom is -0.330 e. The summed E-state index contributed by atoms with van der Waals surface area (Å²) in [5.41, 5.74) is 7.58. The summed E-state index contributed by atoms with van der Waals surface area (Å²) < 4.78 is 0. The van der Waals surface area contributed by atoms with Crippen LogP contribution in [0.5, 0.6) is 0 Å². The molecule has 0 spiro atoms. The molecule has 0 amide bonds.